The molecule has 0 unspecified atom stereocenters. The van der Waals surface area contributed by atoms with Crippen LogP contribution in [0.1, 0.15) is 11.3 Å². The SMILES string of the molecule is Cc1cccc(-c2nnc3cc(C#N)ccn23)n1. The largest absolute Gasteiger partial charge is 0.281 e. The van der Waals surface area contributed by atoms with E-state index in [4.69, 9.17) is 5.26 Å². The number of pyridine rings is 2. The maximum Gasteiger partial charge on any atom is 0.187 e. The van der Waals surface area contributed by atoms with Crippen LogP contribution in [0.25, 0.3) is 17.2 Å². The molecule has 0 aliphatic carbocycles. The maximum atomic E-state index is 8.84. The van der Waals surface area contributed by atoms with E-state index in [1.54, 1.807) is 18.3 Å². The van der Waals surface area contributed by atoms with Crippen molar-refractivity contribution in [1.82, 2.24) is 19.6 Å². The van der Waals surface area contributed by atoms with Gasteiger partial charge in [0.25, 0.3) is 0 Å². The second kappa shape index (κ2) is 3.93. The number of rotatable bonds is 1. The number of fused-ring (bicyclic) bond motifs is 1. The number of nitriles is 1. The molecule has 5 heteroatoms. The van der Waals surface area contributed by atoms with E-state index >= 15 is 0 Å². The summed E-state index contributed by atoms with van der Waals surface area (Å²) in [7, 11) is 0. The van der Waals surface area contributed by atoms with E-state index in [9.17, 15) is 0 Å². The molecule has 18 heavy (non-hydrogen) atoms. The number of aromatic nitrogens is 4. The summed E-state index contributed by atoms with van der Waals surface area (Å²) in [4.78, 5) is 4.42. The predicted molar refractivity (Wildman–Crippen MR) is 65.7 cm³/mol. The number of nitrogens with zero attached hydrogens (tertiary/aromatic N) is 5. The van der Waals surface area contributed by atoms with Crippen LogP contribution in [0.3, 0.4) is 0 Å². The van der Waals surface area contributed by atoms with Gasteiger partial charge in [0.1, 0.15) is 5.69 Å². The van der Waals surface area contributed by atoms with E-state index in [0.717, 1.165) is 11.4 Å². The van der Waals surface area contributed by atoms with Crippen molar-refractivity contribution in [1.29, 1.82) is 5.26 Å². The molecule has 3 aromatic heterocycles. The van der Waals surface area contributed by atoms with Crippen molar-refractivity contribution in [3.63, 3.8) is 0 Å². The molecule has 0 atom stereocenters. The Balaban J connectivity index is 2.22. The molecule has 0 fully saturated rings. The molecule has 3 heterocycles. The predicted octanol–water partition coefficient (Wildman–Crippen LogP) is 1.97. The molecule has 0 aliphatic rings. The van der Waals surface area contributed by atoms with Crippen molar-refractivity contribution in [3.05, 3.63) is 47.8 Å². The van der Waals surface area contributed by atoms with Crippen LogP contribution in [0.5, 0.6) is 0 Å². The molecule has 0 N–H and O–H groups in total. The summed E-state index contributed by atoms with van der Waals surface area (Å²) in [6, 6.07) is 11.3. The van der Waals surface area contributed by atoms with Gasteiger partial charge in [-0.15, -0.1) is 10.2 Å². The van der Waals surface area contributed by atoms with E-state index < -0.39 is 0 Å². The summed E-state index contributed by atoms with van der Waals surface area (Å²) < 4.78 is 1.82. The molecule has 5 nitrogen and oxygen atoms in total. The zero-order chi connectivity index (χ0) is 12.5. The lowest BCUT2D eigenvalue weighted by Crippen LogP contribution is -1.93. The summed E-state index contributed by atoms with van der Waals surface area (Å²) in [5.41, 5.74) is 2.91. The average Bonchev–Trinajstić information content (AvgIpc) is 2.81. The minimum absolute atomic E-state index is 0.568. The smallest absolute Gasteiger partial charge is 0.187 e. The Labute approximate surface area is 103 Å². The lowest BCUT2D eigenvalue weighted by Gasteiger charge is -2.00. The molecular formula is C13H9N5. The van der Waals surface area contributed by atoms with Gasteiger partial charge in [0.2, 0.25) is 0 Å². The molecule has 86 valence electrons. The van der Waals surface area contributed by atoms with E-state index in [-0.39, 0.29) is 0 Å². The summed E-state index contributed by atoms with van der Waals surface area (Å²) in [5, 5.41) is 17.0. The highest BCUT2D eigenvalue weighted by Crippen LogP contribution is 2.16. The van der Waals surface area contributed by atoms with Crippen LogP contribution >= 0.6 is 0 Å². The highest BCUT2D eigenvalue weighted by Gasteiger charge is 2.09. The van der Waals surface area contributed by atoms with Crippen molar-refractivity contribution in [3.8, 4) is 17.6 Å². The third kappa shape index (κ3) is 1.60. The first-order valence-corrected chi connectivity index (χ1v) is 5.47. The molecular weight excluding hydrogens is 226 g/mol. The highest BCUT2D eigenvalue weighted by atomic mass is 15.2. The van der Waals surface area contributed by atoms with Crippen LogP contribution in [0.15, 0.2) is 36.5 Å². The van der Waals surface area contributed by atoms with E-state index in [2.05, 4.69) is 21.3 Å². The van der Waals surface area contributed by atoms with E-state index in [0.29, 0.717) is 17.0 Å². The average molecular weight is 235 g/mol. The molecule has 0 radical (unpaired) electrons. The van der Waals surface area contributed by atoms with Crippen molar-refractivity contribution >= 4 is 5.65 Å². The normalized spacial score (nSPS) is 10.4. The van der Waals surface area contributed by atoms with Gasteiger partial charge in [-0.2, -0.15) is 5.26 Å². The molecule has 0 aliphatic heterocycles. The van der Waals surface area contributed by atoms with Crippen molar-refractivity contribution in [2.24, 2.45) is 0 Å². The summed E-state index contributed by atoms with van der Waals surface area (Å²) >= 11 is 0. The summed E-state index contributed by atoms with van der Waals surface area (Å²) in [6.45, 7) is 1.93. The first kappa shape index (κ1) is 10.4. The van der Waals surface area contributed by atoms with Crippen LogP contribution in [0.4, 0.5) is 0 Å². The monoisotopic (exact) mass is 235 g/mol. The fourth-order valence-corrected chi connectivity index (χ4v) is 1.80. The van der Waals surface area contributed by atoms with Crippen molar-refractivity contribution < 1.29 is 0 Å². The molecule has 0 spiro atoms. The minimum atomic E-state index is 0.568. The van der Waals surface area contributed by atoms with Gasteiger partial charge in [0.15, 0.2) is 11.5 Å². The van der Waals surface area contributed by atoms with Crippen LogP contribution in [0.2, 0.25) is 0 Å². The van der Waals surface area contributed by atoms with E-state index in [1.165, 1.54) is 0 Å². The molecule has 0 amide bonds. The molecule has 0 saturated heterocycles. The van der Waals surface area contributed by atoms with Crippen LogP contribution in [-0.2, 0) is 0 Å². The molecule has 0 bridgehead atoms. The first-order valence-electron chi connectivity index (χ1n) is 5.47. The van der Waals surface area contributed by atoms with Gasteiger partial charge in [-0.3, -0.25) is 4.40 Å². The Hall–Kier alpha value is -2.74. The lowest BCUT2D eigenvalue weighted by atomic mass is 10.3. The standard InChI is InChI=1S/C13H9N5/c1-9-3-2-4-11(15-9)13-17-16-12-7-10(8-14)5-6-18(12)13/h2-7H,1H3. The van der Waals surface area contributed by atoms with Crippen molar-refractivity contribution in [2.75, 3.05) is 0 Å². The Morgan fingerprint density at radius 3 is 2.89 bits per heavy atom. The summed E-state index contributed by atoms with van der Waals surface area (Å²) in [5.74, 6) is 0.679. The topological polar surface area (TPSA) is 66.9 Å². The second-order valence-electron chi connectivity index (χ2n) is 3.94. The van der Waals surface area contributed by atoms with Gasteiger partial charge in [-0.05, 0) is 25.1 Å². The Morgan fingerprint density at radius 1 is 1.22 bits per heavy atom. The summed E-state index contributed by atoms with van der Waals surface area (Å²) in [6.07, 6.45) is 1.78. The fourth-order valence-electron chi connectivity index (χ4n) is 1.80. The fraction of sp³-hybridized carbons (Fsp3) is 0.0769. The van der Waals surface area contributed by atoms with Crippen LogP contribution in [-0.4, -0.2) is 19.6 Å². The van der Waals surface area contributed by atoms with Gasteiger partial charge >= 0.3 is 0 Å². The minimum Gasteiger partial charge on any atom is -0.281 e. The van der Waals surface area contributed by atoms with Gasteiger partial charge in [-0.25, -0.2) is 4.98 Å². The maximum absolute atomic E-state index is 8.84. The highest BCUT2D eigenvalue weighted by molar-refractivity contribution is 5.57. The zero-order valence-electron chi connectivity index (χ0n) is 9.70. The van der Waals surface area contributed by atoms with Gasteiger partial charge in [-0.1, -0.05) is 6.07 Å². The molecule has 0 aromatic carbocycles. The molecule has 3 rings (SSSR count). The second-order valence-corrected chi connectivity index (χ2v) is 3.94. The lowest BCUT2D eigenvalue weighted by molar-refractivity contribution is 1.08. The van der Waals surface area contributed by atoms with Crippen LogP contribution in [0, 0.1) is 18.3 Å². The number of hydrogen-bond donors (Lipinski definition) is 0. The molecule has 3 aromatic rings. The van der Waals surface area contributed by atoms with Crippen molar-refractivity contribution in [2.45, 2.75) is 6.92 Å². The van der Waals surface area contributed by atoms with Gasteiger partial charge in [0, 0.05) is 18.0 Å². The Morgan fingerprint density at radius 2 is 2.11 bits per heavy atom. The third-order valence-electron chi connectivity index (χ3n) is 2.66. The van der Waals surface area contributed by atoms with Crippen LogP contribution < -0.4 is 0 Å². The Bertz CT molecular complexity index is 766. The van der Waals surface area contributed by atoms with E-state index in [1.807, 2.05) is 29.5 Å². The quantitative estimate of drug-likeness (QED) is 0.646. The molecule has 0 saturated carbocycles. The number of aryl methyl sites for hydroxylation is 1. The van der Waals surface area contributed by atoms with Gasteiger partial charge in [0.05, 0.1) is 11.6 Å². The zero-order valence-corrected chi connectivity index (χ0v) is 9.70. The van der Waals surface area contributed by atoms with Gasteiger partial charge < -0.3 is 0 Å². The third-order valence-corrected chi connectivity index (χ3v) is 2.66. The Kier molecular flexibility index (Phi) is 2.27. The first-order chi connectivity index (χ1) is 8.78. The number of hydrogen-bond acceptors (Lipinski definition) is 4.